The first-order chi connectivity index (χ1) is 7.99. The SMILES string of the molecule is CCC(O)(CC)CNCc1cc(Cl)cc(Cl)c1. The molecule has 0 bridgehead atoms. The standard InChI is InChI=1S/C13H19Cl2NO/c1-3-13(17,4-2)9-16-8-10-5-11(14)7-12(15)6-10/h5-7,16-17H,3-4,8-9H2,1-2H3. The van der Waals surface area contributed by atoms with Crippen LogP contribution in [0.4, 0.5) is 0 Å². The largest absolute Gasteiger partial charge is 0.389 e. The second-order valence-corrected chi connectivity index (χ2v) is 5.19. The number of hydrogen-bond acceptors (Lipinski definition) is 2. The molecule has 0 radical (unpaired) electrons. The van der Waals surface area contributed by atoms with E-state index >= 15 is 0 Å². The monoisotopic (exact) mass is 275 g/mol. The van der Waals surface area contributed by atoms with Gasteiger partial charge in [0.2, 0.25) is 0 Å². The van der Waals surface area contributed by atoms with E-state index in [1.807, 2.05) is 26.0 Å². The molecule has 0 spiro atoms. The van der Waals surface area contributed by atoms with Crippen molar-refractivity contribution in [1.29, 1.82) is 0 Å². The highest BCUT2D eigenvalue weighted by Crippen LogP contribution is 2.19. The van der Waals surface area contributed by atoms with Crippen LogP contribution in [0.1, 0.15) is 32.3 Å². The first-order valence-electron chi connectivity index (χ1n) is 5.87. The van der Waals surface area contributed by atoms with Gasteiger partial charge in [-0.3, -0.25) is 0 Å². The molecule has 0 amide bonds. The predicted octanol–water partition coefficient (Wildman–Crippen LogP) is 3.63. The molecule has 1 aromatic rings. The number of hydrogen-bond donors (Lipinski definition) is 2. The second-order valence-electron chi connectivity index (χ2n) is 4.31. The van der Waals surface area contributed by atoms with Crippen molar-refractivity contribution < 1.29 is 5.11 Å². The van der Waals surface area contributed by atoms with Crippen molar-refractivity contribution in [2.45, 2.75) is 38.8 Å². The third-order valence-corrected chi connectivity index (χ3v) is 3.46. The summed E-state index contributed by atoms with van der Waals surface area (Å²) in [5.41, 5.74) is 0.402. The lowest BCUT2D eigenvalue weighted by Gasteiger charge is -2.25. The van der Waals surface area contributed by atoms with Gasteiger partial charge in [-0.25, -0.2) is 0 Å². The van der Waals surface area contributed by atoms with Crippen LogP contribution in [-0.2, 0) is 6.54 Å². The molecule has 1 aromatic carbocycles. The predicted molar refractivity (Wildman–Crippen MR) is 73.7 cm³/mol. The molecule has 0 aliphatic heterocycles. The van der Waals surface area contributed by atoms with Crippen molar-refractivity contribution in [3.63, 3.8) is 0 Å². The normalized spacial score (nSPS) is 11.8. The lowest BCUT2D eigenvalue weighted by Crippen LogP contribution is -2.39. The minimum atomic E-state index is -0.623. The molecule has 4 heteroatoms. The van der Waals surface area contributed by atoms with Crippen molar-refractivity contribution in [1.82, 2.24) is 5.32 Å². The van der Waals surface area contributed by atoms with Gasteiger partial charge in [-0.05, 0) is 36.6 Å². The van der Waals surface area contributed by atoms with Crippen LogP contribution in [0.15, 0.2) is 18.2 Å². The Morgan fingerprint density at radius 1 is 1.12 bits per heavy atom. The van der Waals surface area contributed by atoms with Crippen molar-refractivity contribution in [2.24, 2.45) is 0 Å². The Morgan fingerprint density at radius 3 is 2.12 bits per heavy atom. The zero-order chi connectivity index (χ0) is 12.9. The summed E-state index contributed by atoms with van der Waals surface area (Å²) in [6.45, 7) is 5.20. The van der Waals surface area contributed by atoms with Crippen LogP contribution in [0.3, 0.4) is 0 Å². The quantitative estimate of drug-likeness (QED) is 0.831. The third-order valence-electron chi connectivity index (χ3n) is 3.02. The summed E-state index contributed by atoms with van der Waals surface area (Å²) >= 11 is 11.8. The van der Waals surface area contributed by atoms with Crippen molar-refractivity contribution >= 4 is 23.2 Å². The van der Waals surface area contributed by atoms with Gasteiger partial charge in [0, 0.05) is 23.1 Å². The average Bonchev–Trinajstić information content (AvgIpc) is 2.27. The third kappa shape index (κ3) is 4.84. The van der Waals surface area contributed by atoms with E-state index in [1.54, 1.807) is 6.07 Å². The highest BCUT2D eigenvalue weighted by atomic mass is 35.5. The molecule has 0 aromatic heterocycles. The lowest BCUT2D eigenvalue weighted by atomic mass is 9.97. The van der Waals surface area contributed by atoms with Crippen LogP contribution in [-0.4, -0.2) is 17.3 Å². The summed E-state index contributed by atoms with van der Waals surface area (Å²) in [7, 11) is 0. The van der Waals surface area contributed by atoms with Gasteiger partial charge in [-0.1, -0.05) is 37.0 Å². The molecule has 0 saturated carbocycles. The molecule has 2 nitrogen and oxygen atoms in total. The van der Waals surface area contributed by atoms with Gasteiger partial charge in [-0.15, -0.1) is 0 Å². The van der Waals surface area contributed by atoms with Gasteiger partial charge in [0.1, 0.15) is 0 Å². The van der Waals surface area contributed by atoms with Gasteiger partial charge in [0.05, 0.1) is 5.60 Å². The van der Waals surface area contributed by atoms with Crippen molar-refractivity contribution in [2.75, 3.05) is 6.54 Å². The van der Waals surface area contributed by atoms with E-state index in [9.17, 15) is 5.11 Å². The summed E-state index contributed by atoms with van der Waals surface area (Å²) in [4.78, 5) is 0. The first kappa shape index (κ1) is 14.8. The first-order valence-corrected chi connectivity index (χ1v) is 6.63. The Labute approximate surface area is 113 Å². The van der Waals surface area contributed by atoms with E-state index in [0.717, 1.165) is 18.4 Å². The number of halogens is 2. The van der Waals surface area contributed by atoms with E-state index in [2.05, 4.69) is 5.32 Å². The molecule has 1 rings (SSSR count). The van der Waals surface area contributed by atoms with Crippen LogP contribution < -0.4 is 5.32 Å². The minimum absolute atomic E-state index is 0.574. The molecular weight excluding hydrogens is 257 g/mol. The number of aliphatic hydroxyl groups is 1. The van der Waals surface area contributed by atoms with Crippen molar-refractivity contribution in [3.05, 3.63) is 33.8 Å². The van der Waals surface area contributed by atoms with E-state index in [-0.39, 0.29) is 0 Å². The smallest absolute Gasteiger partial charge is 0.0766 e. The maximum Gasteiger partial charge on any atom is 0.0766 e. The topological polar surface area (TPSA) is 32.3 Å². The van der Waals surface area contributed by atoms with Gasteiger partial charge in [0.25, 0.3) is 0 Å². The van der Waals surface area contributed by atoms with E-state index in [0.29, 0.717) is 23.1 Å². The molecular formula is C13H19Cl2NO. The van der Waals surface area contributed by atoms with E-state index in [4.69, 9.17) is 23.2 Å². The fourth-order valence-electron chi connectivity index (χ4n) is 1.65. The van der Waals surface area contributed by atoms with Crippen LogP contribution >= 0.6 is 23.2 Å². The molecule has 0 fully saturated rings. The maximum absolute atomic E-state index is 10.1. The van der Waals surface area contributed by atoms with Crippen LogP contribution in [0.25, 0.3) is 0 Å². The minimum Gasteiger partial charge on any atom is -0.389 e. The Morgan fingerprint density at radius 2 is 1.65 bits per heavy atom. The molecule has 0 heterocycles. The molecule has 2 N–H and O–H groups in total. The summed E-state index contributed by atoms with van der Waals surface area (Å²) in [5, 5.41) is 14.6. The summed E-state index contributed by atoms with van der Waals surface area (Å²) < 4.78 is 0. The van der Waals surface area contributed by atoms with Crippen LogP contribution in [0, 0.1) is 0 Å². The van der Waals surface area contributed by atoms with Crippen molar-refractivity contribution in [3.8, 4) is 0 Å². The molecule has 0 aliphatic carbocycles. The highest BCUT2D eigenvalue weighted by molar-refractivity contribution is 6.34. The Hall–Kier alpha value is -0.280. The number of rotatable bonds is 6. The zero-order valence-electron chi connectivity index (χ0n) is 10.3. The maximum atomic E-state index is 10.1. The molecule has 0 atom stereocenters. The molecule has 0 aliphatic rings. The Balaban J connectivity index is 2.51. The summed E-state index contributed by atoms with van der Waals surface area (Å²) in [6.07, 6.45) is 1.49. The number of nitrogens with one attached hydrogen (secondary N) is 1. The summed E-state index contributed by atoms with van der Waals surface area (Å²) in [6, 6.07) is 5.45. The van der Waals surface area contributed by atoms with Gasteiger partial charge < -0.3 is 10.4 Å². The van der Waals surface area contributed by atoms with Gasteiger partial charge >= 0.3 is 0 Å². The molecule has 0 unspecified atom stereocenters. The Bertz CT molecular complexity index is 344. The van der Waals surface area contributed by atoms with Gasteiger partial charge in [-0.2, -0.15) is 0 Å². The zero-order valence-corrected chi connectivity index (χ0v) is 11.8. The molecule has 17 heavy (non-hydrogen) atoms. The Kier molecular flexibility index (Phi) is 5.74. The van der Waals surface area contributed by atoms with Gasteiger partial charge in [0.15, 0.2) is 0 Å². The van der Waals surface area contributed by atoms with Crippen LogP contribution in [0.2, 0.25) is 10.0 Å². The fourth-order valence-corrected chi connectivity index (χ4v) is 2.22. The average molecular weight is 276 g/mol. The molecule has 0 saturated heterocycles. The van der Waals surface area contributed by atoms with E-state index in [1.165, 1.54) is 0 Å². The highest BCUT2D eigenvalue weighted by Gasteiger charge is 2.20. The molecule has 96 valence electrons. The summed E-state index contributed by atoms with van der Waals surface area (Å²) in [5.74, 6) is 0. The second kappa shape index (κ2) is 6.60. The number of benzene rings is 1. The van der Waals surface area contributed by atoms with Crippen LogP contribution in [0.5, 0.6) is 0 Å². The lowest BCUT2D eigenvalue weighted by molar-refractivity contribution is 0.0323. The van der Waals surface area contributed by atoms with E-state index < -0.39 is 5.60 Å². The fraction of sp³-hybridized carbons (Fsp3) is 0.538.